The SMILES string of the molecule is FC(F)(F)c1ccc(-c2ccc(-c3nc4ccc(C(F)(F)F)cc4[nH]3)cc2)c(Cl)c1. The minimum absolute atomic E-state index is 0.0407. The van der Waals surface area contributed by atoms with Crippen LogP contribution in [0.3, 0.4) is 0 Å². The van der Waals surface area contributed by atoms with Crippen molar-refractivity contribution in [3.8, 4) is 22.5 Å². The Balaban J connectivity index is 1.65. The number of aromatic nitrogens is 2. The first-order valence-electron chi connectivity index (χ1n) is 8.57. The number of benzene rings is 3. The molecule has 0 radical (unpaired) electrons. The number of H-pyrrole nitrogens is 1. The Labute approximate surface area is 171 Å². The Hall–Kier alpha value is -3.00. The van der Waals surface area contributed by atoms with Crippen molar-refractivity contribution in [3.05, 3.63) is 76.8 Å². The first kappa shape index (κ1) is 20.3. The van der Waals surface area contributed by atoms with Crippen LogP contribution in [0.4, 0.5) is 26.3 Å². The first-order valence-corrected chi connectivity index (χ1v) is 8.95. The Kier molecular flexibility index (Phi) is 4.77. The maximum absolute atomic E-state index is 12.9. The van der Waals surface area contributed by atoms with Gasteiger partial charge in [0.15, 0.2) is 0 Å². The third-order valence-corrected chi connectivity index (χ3v) is 4.89. The first-order chi connectivity index (χ1) is 14.0. The van der Waals surface area contributed by atoms with E-state index in [1.165, 1.54) is 12.1 Å². The minimum Gasteiger partial charge on any atom is -0.338 e. The van der Waals surface area contributed by atoms with E-state index in [4.69, 9.17) is 11.6 Å². The van der Waals surface area contributed by atoms with Crippen molar-refractivity contribution in [3.63, 3.8) is 0 Å². The smallest absolute Gasteiger partial charge is 0.338 e. The van der Waals surface area contributed by atoms with Crippen molar-refractivity contribution in [2.45, 2.75) is 12.4 Å². The molecule has 0 atom stereocenters. The molecule has 9 heteroatoms. The highest BCUT2D eigenvalue weighted by molar-refractivity contribution is 6.33. The molecule has 1 N–H and O–H groups in total. The lowest BCUT2D eigenvalue weighted by Crippen LogP contribution is -2.04. The number of nitrogens with zero attached hydrogens (tertiary/aromatic N) is 1. The summed E-state index contributed by atoms with van der Waals surface area (Å²) in [5.41, 5.74) is 0.628. The molecule has 0 unspecified atom stereocenters. The van der Waals surface area contributed by atoms with Crippen molar-refractivity contribution in [1.82, 2.24) is 9.97 Å². The van der Waals surface area contributed by atoms with Gasteiger partial charge in [0.2, 0.25) is 0 Å². The zero-order valence-corrected chi connectivity index (χ0v) is 15.6. The van der Waals surface area contributed by atoms with Crippen LogP contribution in [0.25, 0.3) is 33.5 Å². The molecule has 3 aromatic carbocycles. The van der Waals surface area contributed by atoms with E-state index in [1.807, 2.05) is 0 Å². The molecule has 154 valence electrons. The molecule has 1 heterocycles. The maximum atomic E-state index is 12.9. The maximum Gasteiger partial charge on any atom is 0.416 e. The third-order valence-electron chi connectivity index (χ3n) is 4.57. The molecule has 0 aliphatic rings. The fraction of sp³-hybridized carbons (Fsp3) is 0.0952. The molecule has 0 spiro atoms. The molecule has 2 nitrogen and oxygen atoms in total. The van der Waals surface area contributed by atoms with Crippen molar-refractivity contribution in [2.75, 3.05) is 0 Å². The molecule has 30 heavy (non-hydrogen) atoms. The number of alkyl halides is 6. The predicted molar refractivity (Wildman–Crippen MR) is 102 cm³/mol. The van der Waals surface area contributed by atoms with Crippen LogP contribution in [0.5, 0.6) is 0 Å². The molecule has 4 aromatic rings. The average Bonchev–Trinajstić information content (AvgIpc) is 3.10. The Bertz CT molecular complexity index is 1220. The summed E-state index contributed by atoms with van der Waals surface area (Å²) < 4.78 is 77.0. The van der Waals surface area contributed by atoms with Gasteiger partial charge in [-0.05, 0) is 35.9 Å². The average molecular weight is 441 g/mol. The Morgan fingerprint density at radius 1 is 0.700 bits per heavy atom. The number of hydrogen-bond donors (Lipinski definition) is 1. The number of aromatic amines is 1. The molecule has 0 saturated carbocycles. The molecular weight excluding hydrogens is 430 g/mol. The van der Waals surface area contributed by atoms with Gasteiger partial charge in [-0.2, -0.15) is 26.3 Å². The summed E-state index contributed by atoms with van der Waals surface area (Å²) in [6.45, 7) is 0. The summed E-state index contributed by atoms with van der Waals surface area (Å²) in [5.74, 6) is 0.370. The van der Waals surface area contributed by atoms with Gasteiger partial charge in [-0.25, -0.2) is 4.98 Å². The van der Waals surface area contributed by atoms with Gasteiger partial charge < -0.3 is 4.98 Å². The van der Waals surface area contributed by atoms with E-state index in [1.54, 1.807) is 24.3 Å². The largest absolute Gasteiger partial charge is 0.416 e. The van der Waals surface area contributed by atoms with Crippen LogP contribution in [0, 0.1) is 0 Å². The van der Waals surface area contributed by atoms with Gasteiger partial charge in [-0.3, -0.25) is 0 Å². The van der Waals surface area contributed by atoms with E-state index >= 15 is 0 Å². The monoisotopic (exact) mass is 440 g/mol. The topological polar surface area (TPSA) is 28.7 Å². The number of nitrogens with one attached hydrogen (secondary N) is 1. The lowest BCUT2D eigenvalue weighted by Gasteiger charge is -2.10. The second-order valence-electron chi connectivity index (χ2n) is 6.58. The molecule has 0 aliphatic carbocycles. The lowest BCUT2D eigenvalue weighted by molar-refractivity contribution is -0.138. The van der Waals surface area contributed by atoms with Crippen molar-refractivity contribution >= 4 is 22.6 Å². The van der Waals surface area contributed by atoms with E-state index in [-0.39, 0.29) is 10.5 Å². The summed E-state index contributed by atoms with van der Waals surface area (Å²) in [6.07, 6.45) is -8.94. The quantitative estimate of drug-likeness (QED) is 0.320. The van der Waals surface area contributed by atoms with Crippen LogP contribution < -0.4 is 0 Å². The van der Waals surface area contributed by atoms with Gasteiger partial charge in [-0.1, -0.05) is 41.9 Å². The predicted octanol–water partition coefficient (Wildman–Crippen LogP) is 7.59. The molecule has 4 rings (SSSR count). The van der Waals surface area contributed by atoms with E-state index in [0.29, 0.717) is 28.0 Å². The molecule has 0 bridgehead atoms. The zero-order chi connectivity index (χ0) is 21.7. The van der Waals surface area contributed by atoms with Crippen LogP contribution in [0.1, 0.15) is 11.1 Å². The summed E-state index contributed by atoms with van der Waals surface area (Å²) in [4.78, 5) is 7.15. The molecule has 0 amide bonds. The fourth-order valence-electron chi connectivity index (χ4n) is 3.06. The molecule has 0 saturated heterocycles. The van der Waals surface area contributed by atoms with Crippen LogP contribution in [0.15, 0.2) is 60.7 Å². The Morgan fingerprint density at radius 3 is 1.87 bits per heavy atom. The summed E-state index contributed by atoms with van der Waals surface area (Å²) in [7, 11) is 0. The van der Waals surface area contributed by atoms with E-state index in [2.05, 4.69) is 9.97 Å². The lowest BCUT2D eigenvalue weighted by atomic mass is 10.0. The standard InChI is InChI=1S/C21H11ClF6N2/c22-16-9-13(20(23,24)25)5-7-15(16)11-1-3-12(4-2-11)19-29-17-8-6-14(21(26,27)28)10-18(17)30-19/h1-10H,(H,29,30). The minimum atomic E-state index is -4.49. The van der Waals surface area contributed by atoms with Gasteiger partial charge in [0.1, 0.15) is 5.82 Å². The third kappa shape index (κ3) is 3.87. The van der Waals surface area contributed by atoms with Gasteiger partial charge in [-0.15, -0.1) is 0 Å². The normalized spacial score (nSPS) is 12.5. The van der Waals surface area contributed by atoms with Crippen molar-refractivity contribution in [2.24, 2.45) is 0 Å². The van der Waals surface area contributed by atoms with Crippen molar-refractivity contribution < 1.29 is 26.3 Å². The van der Waals surface area contributed by atoms with Crippen LogP contribution in [-0.2, 0) is 12.4 Å². The summed E-state index contributed by atoms with van der Waals surface area (Å²) >= 11 is 6.02. The highest BCUT2D eigenvalue weighted by Gasteiger charge is 2.31. The van der Waals surface area contributed by atoms with Gasteiger partial charge in [0.05, 0.1) is 22.2 Å². The van der Waals surface area contributed by atoms with Gasteiger partial charge >= 0.3 is 12.4 Å². The number of rotatable bonds is 2. The molecule has 1 aromatic heterocycles. The van der Waals surface area contributed by atoms with Gasteiger partial charge in [0.25, 0.3) is 0 Å². The molecule has 0 aliphatic heterocycles. The second-order valence-corrected chi connectivity index (χ2v) is 6.99. The van der Waals surface area contributed by atoms with E-state index < -0.39 is 23.5 Å². The second kappa shape index (κ2) is 7.05. The Morgan fingerprint density at radius 2 is 1.27 bits per heavy atom. The van der Waals surface area contributed by atoms with E-state index in [0.717, 1.165) is 24.3 Å². The number of imidazole rings is 1. The summed E-state index contributed by atoms with van der Waals surface area (Å²) in [5, 5.41) is -0.0407. The fourth-order valence-corrected chi connectivity index (χ4v) is 3.35. The highest BCUT2D eigenvalue weighted by atomic mass is 35.5. The zero-order valence-electron chi connectivity index (χ0n) is 14.9. The van der Waals surface area contributed by atoms with Crippen molar-refractivity contribution in [1.29, 1.82) is 0 Å². The number of halogens is 7. The molecular formula is C21H11ClF6N2. The summed E-state index contributed by atoms with van der Waals surface area (Å²) in [6, 6.07) is 13.0. The van der Waals surface area contributed by atoms with Gasteiger partial charge in [0, 0.05) is 16.1 Å². The number of fused-ring (bicyclic) bond motifs is 1. The number of hydrogen-bond acceptors (Lipinski definition) is 1. The van der Waals surface area contributed by atoms with Crippen LogP contribution >= 0.6 is 11.6 Å². The molecule has 0 fully saturated rings. The van der Waals surface area contributed by atoms with E-state index in [9.17, 15) is 26.3 Å². The van der Waals surface area contributed by atoms with Crippen LogP contribution in [-0.4, -0.2) is 9.97 Å². The highest BCUT2D eigenvalue weighted by Crippen LogP contribution is 2.36. The van der Waals surface area contributed by atoms with Crippen LogP contribution in [0.2, 0.25) is 5.02 Å².